The van der Waals surface area contributed by atoms with Gasteiger partial charge in [0.25, 0.3) is 5.69 Å². The predicted octanol–water partition coefficient (Wildman–Crippen LogP) is 2.79. The van der Waals surface area contributed by atoms with Gasteiger partial charge in [-0.3, -0.25) is 10.1 Å². The van der Waals surface area contributed by atoms with Gasteiger partial charge in [-0.05, 0) is 39.2 Å². The number of nitro groups is 1. The molecule has 0 radical (unpaired) electrons. The van der Waals surface area contributed by atoms with Crippen molar-refractivity contribution in [2.75, 3.05) is 51.6 Å². The molecule has 11 heteroatoms. The number of methoxy groups -OCH3 is 1. The number of hydrogen-bond donors (Lipinski definition) is 1. The molecule has 2 aromatic heterocycles. The number of anilines is 3. The predicted molar refractivity (Wildman–Crippen MR) is 134 cm³/mol. The van der Waals surface area contributed by atoms with Crippen LogP contribution in [0.5, 0.6) is 5.75 Å². The quantitative estimate of drug-likeness (QED) is 0.284. The Bertz CT molecular complexity index is 1280. The first-order valence-electron chi connectivity index (χ1n) is 11.2. The van der Waals surface area contributed by atoms with Crippen molar-refractivity contribution in [2.24, 2.45) is 4.99 Å². The number of fused-ring (bicyclic) bond motifs is 1. The number of nitro benzene ring substituents is 1. The first-order chi connectivity index (χ1) is 16.8. The van der Waals surface area contributed by atoms with Crippen molar-refractivity contribution in [3.63, 3.8) is 0 Å². The largest absolute Gasteiger partial charge is 0.494 e. The Kier molecular flexibility index (Phi) is 6.87. The van der Waals surface area contributed by atoms with Crippen LogP contribution in [-0.2, 0) is 0 Å². The van der Waals surface area contributed by atoms with E-state index in [1.54, 1.807) is 18.3 Å². The fourth-order valence-electron chi connectivity index (χ4n) is 3.90. The van der Waals surface area contributed by atoms with Crippen LogP contribution in [0.2, 0.25) is 0 Å². The van der Waals surface area contributed by atoms with Crippen molar-refractivity contribution in [1.29, 1.82) is 0 Å². The van der Waals surface area contributed by atoms with E-state index in [2.05, 4.69) is 15.3 Å². The summed E-state index contributed by atoms with van der Waals surface area (Å²) in [6.07, 6.45) is 3.58. The molecule has 0 bridgehead atoms. The molecule has 1 N–H and O–H groups in total. The molecular formula is C24H29N8O3+. The van der Waals surface area contributed by atoms with E-state index in [0.29, 0.717) is 29.4 Å². The average Bonchev–Trinajstić information content (AvgIpc) is 3.19. The van der Waals surface area contributed by atoms with Crippen molar-refractivity contribution in [2.45, 2.75) is 13.0 Å². The monoisotopic (exact) mass is 477 g/mol. The Morgan fingerprint density at radius 1 is 1.20 bits per heavy atom. The van der Waals surface area contributed by atoms with Crippen LogP contribution < -0.4 is 19.5 Å². The highest BCUT2D eigenvalue weighted by Crippen LogP contribution is 2.38. The van der Waals surface area contributed by atoms with Gasteiger partial charge in [-0.15, -0.1) is 0 Å². The number of likely N-dealkylation sites (N-methyl/N-ethyl adjacent to an activating group) is 2. The molecule has 182 valence electrons. The van der Waals surface area contributed by atoms with Gasteiger partial charge >= 0.3 is 5.84 Å². The van der Waals surface area contributed by atoms with Gasteiger partial charge in [0.05, 0.1) is 23.9 Å². The second-order valence-electron chi connectivity index (χ2n) is 8.54. The summed E-state index contributed by atoms with van der Waals surface area (Å²) >= 11 is 0. The van der Waals surface area contributed by atoms with Gasteiger partial charge in [-0.25, -0.2) is 9.97 Å². The number of ether oxygens (including phenoxy) is 1. The van der Waals surface area contributed by atoms with Crippen molar-refractivity contribution in [1.82, 2.24) is 14.9 Å². The lowest BCUT2D eigenvalue weighted by Gasteiger charge is -2.22. The van der Waals surface area contributed by atoms with E-state index in [1.807, 2.05) is 66.8 Å². The van der Waals surface area contributed by atoms with E-state index in [1.165, 1.54) is 13.2 Å². The molecule has 1 aliphatic rings. The van der Waals surface area contributed by atoms with E-state index in [0.717, 1.165) is 18.1 Å². The summed E-state index contributed by atoms with van der Waals surface area (Å²) in [5.74, 6) is 1.45. The van der Waals surface area contributed by atoms with Crippen LogP contribution in [0.3, 0.4) is 0 Å². The maximum Gasteiger partial charge on any atom is 0.349 e. The van der Waals surface area contributed by atoms with E-state index >= 15 is 0 Å². The molecule has 0 amide bonds. The minimum atomic E-state index is -0.397. The number of hydrogen-bond acceptors (Lipinski definition) is 9. The van der Waals surface area contributed by atoms with Gasteiger partial charge < -0.3 is 19.9 Å². The Morgan fingerprint density at radius 2 is 2.00 bits per heavy atom. The zero-order chi connectivity index (χ0) is 25.1. The van der Waals surface area contributed by atoms with Crippen LogP contribution in [0.15, 0.2) is 53.8 Å². The van der Waals surface area contributed by atoms with Crippen LogP contribution in [0.4, 0.5) is 23.0 Å². The van der Waals surface area contributed by atoms with Gasteiger partial charge in [0.1, 0.15) is 11.4 Å². The van der Waals surface area contributed by atoms with Crippen molar-refractivity contribution in [3.05, 3.63) is 70.3 Å². The Labute approximate surface area is 203 Å². The average molecular weight is 478 g/mol. The number of rotatable bonds is 9. The van der Waals surface area contributed by atoms with Crippen LogP contribution in [0, 0.1) is 10.1 Å². The normalized spacial score (nSPS) is 14.5. The number of pyridine rings is 1. The van der Waals surface area contributed by atoms with Crippen LogP contribution in [0.1, 0.15) is 24.4 Å². The molecule has 4 rings (SSSR count). The molecule has 1 aromatic carbocycles. The minimum absolute atomic E-state index is 0.0114. The summed E-state index contributed by atoms with van der Waals surface area (Å²) in [5, 5.41) is 15.0. The summed E-state index contributed by atoms with van der Waals surface area (Å²) in [7, 11) is 7.26. The molecule has 35 heavy (non-hydrogen) atoms. The van der Waals surface area contributed by atoms with E-state index in [9.17, 15) is 10.1 Å². The molecule has 1 atom stereocenters. The summed E-state index contributed by atoms with van der Waals surface area (Å²) in [5.41, 5.74) is 2.54. The van der Waals surface area contributed by atoms with Crippen LogP contribution >= 0.6 is 0 Å². The molecule has 0 spiro atoms. The zero-order valence-corrected chi connectivity index (χ0v) is 20.5. The summed E-state index contributed by atoms with van der Waals surface area (Å²) in [4.78, 5) is 29.0. The molecule has 0 saturated carbocycles. The first kappa shape index (κ1) is 24.0. The maximum absolute atomic E-state index is 11.9. The maximum atomic E-state index is 11.9. The molecule has 0 saturated heterocycles. The third-order valence-electron chi connectivity index (χ3n) is 5.78. The summed E-state index contributed by atoms with van der Waals surface area (Å²) < 4.78 is 7.55. The molecule has 1 aliphatic heterocycles. The zero-order valence-electron chi connectivity index (χ0n) is 20.5. The third kappa shape index (κ3) is 5.04. The lowest BCUT2D eigenvalue weighted by molar-refractivity contribution is -0.558. The van der Waals surface area contributed by atoms with Gasteiger partial charge in [0.15, 0.2) is 17.4 Å². The molecule has 3 aromatic rings. The lowest BCUT2D eigenvalue weighted by atomic mass is 10.2. The SMILES string of the molecule is COc1cc(N(C)CCN(C)C)c([N+](=O)[O-])cc1Nc1nccc(C2=NC(C)c3cccc[n+]32)n1. The van der Waals surface area contributed by atoms with E-state index in [-0.39, 0.29) is 17.7 Å². The summed E-state index contributed by atoms with van der Waals surface area (Å²) in [6, 6.07) is 10.9. The summed E-state index contributed by atoms with van der Waals surface area (Å²) in [6.45, 7) is 3.40. The van der Waals surface area contributed by atoms with Crippen molar-refractivity contribution in [3.8, 4) is 5.75 Å². The number of benzene rings is 1. The smallest absolute Gasteiger partial charge is 0.349 e. The highest BCUT2D eigenvalue weighted by molar-refractivity contribution is 5.91. The molecule has 1 unspecified atom stereocenters. The molecule has 0 fully saturated rings. The van der Waals surface area contributed by atoms with E-state index in [4.69, 9.17) is 9.73 Å². The third-order valence-corrected chi connectivity index (χ3v) is 5.78. The standard InChI is InChI=1S/C24H29N8O3/c1-16-19-8-6-7-11-31(19)23(26-16)17-9-10-25-24(27-17)28-18-14-21(32(33)34)20(15-22(18)35-5)30(4)13-12-29(2)3/h6-11,14-16H,12-13H2,1-5H3,(H,25,27,28)/q+1. The lowest BCUT2D eigenvalue weighted by Crippen LogP contribution is -2.43. The highest BCUT2D eigenvalue weighted by atomic mass is 16.6. The van der Waals surface area contributed by atoms with E-state index < -0.39 is 4.92 Å². The second-order valence-corrected chi connectivity index (χ2v) is 8.54. The van der Waals surface area contributed by atoms with Gasteiger partial charge in [-0.2, -0.15) is 4.57 Å². The fourth-order valence-corrected chi connectivity index (χ4v) is 3.90. The Hall–Kier alpha value is -4.12. The van der Waals surface area contributed by atoms with Crippen LogP contribution in [-0.4, -0.2) is 67.0 Å². The van der Waals surface area contributed by atoms with Crippen molar-refractivity contribution < 1.29 is 14.2 Å². The van der Waals surface area contributed by atoms with Crippen LogP contribution in [0.25, 0.3) is 0 Å². The number of aromatic nitrogens is 3. The number of nitrogens with zero attached hydrogens (tertiary/aromatic N) is 7. The highest BCUT2D eigenvalue weighted by Gasteiger charge is 2.33. The Morgan fingerprint density at radius 3 is 2.71 bits per heavy atom. The number of nitrogens with one attached hydrogen (secondary N) is 1. The second kappa shape index (κ2) is 10.0. The number of aliphatic imine (C=N–C) groups is 1. The molecular weight excluding hydrogens is 448 g/mol. The fraction of sp³-hybridized carbons (Fsp3) is 0.333. The topological polar surface area (TPSA) is 113 Å². The minimum Gasteiger partial charge on any atom is -0.494 e. The van der Waals surface area contributed by atoms with Gasteiger partial charge in [0.2, 0.25) is 5.95 Å². The van der Waals surface area contributed by atoms with Gasteiger partial charge in [-0.1, -0.05) is 11.1 Å². The van der Waals surface area contributed by atoms with Crippen molar-refractivity contribution >= 4 is 28.8 Å². The molecule has 0 aliphatic carbocycles. The van der Waals surface area contributed by atoms with Gasteiger partial charge in [0, 0.05) is 38.5 Å². The molecule has 3 heterocycles. The first-order valence-corrected chi connectivity index (χ1v) is 11.2. The molecule has 11 nitrogen and oxygen atoms in total. The Balaban J connectivity index is 1.66.